The molecule has 1 saturated heterocycles. The third-order valence-corrected chi connectivity index (χ3v) is 6.70. The van der Waals surface area contributed by atoms with E-state index in [-0.39, 0.29) is 11.7 Å². The molecule has 1 aromatic heterocycles. The van der Waals surface area contributed by atoms with Crippen LogP contribution in [0.1, 0.15) is 30.0 Å². The van der Waals surface area contributed by atoms with E-state index in [2.05, 4.69) is 4.90 Å². The summed E-state index contributed by atoms with van der Waals surface area (Å²) in [7, 11) is 1.59. The fraction of sp³-hybridized carbons (Fsp3) is 0.308. The number of rotatable bonds is 4. The maximum atomic E-state index is 13.6. The molecule has 182 valence electrons. The van der Waals surface area contributed by atoms with Crippen molar-refractivity contribution in [2.24, 2.45) is 0 Å². The molecule has 3 aromatic rings. The van der Waals surface area contributed by atoms with Crippen LogP contribution in [-0.2, 0) is 4.79 Å². The quantitative estimate of drug-likeness (QED) is 0.559. The van der Waals surface area contributed by atoms with E-state index in [0.717, 1.165) is 11.3 Å². The van der Waals surface area contributed by atoms with Crippen LogP contribution >= 0.6 is 11.6 Å². The molecule has 0 atom stereocenters. The van der Waals surface area contributed by atoms with Crippen LogP contribution in [0.15, 0.2) is 46.9 Å². The molecule has 0 bridgehead atoms. The van der Waals surface area contributed by atoms with Crippen LogP contribution in [0.5, 0.6) is 11.5 Å². The van der Waals surface area contributed by atoms with Crippen LogP contribution in [0.2, 0.25) is 5.02 Å². The highest BCUT2D eigenvalue weighted by molar-refractivity contribution is 6.38. The number of carbonyl (C=O) groups excluding carboxylic acids is 1. The number of carboxylic acids is 1. The molecule has 2 aromatic carbocycles. The highest BCUT2D eigenvalue weighted by Crippen LogP contribution is 2.40. The van der Waals surface area contributed by atoms with E-state index < -0.39 is 11.6 Å². The van der Waals surface area contributed by atoms with Crippen LogP contribution < -0.4 is 14.4 Å². The number of aromatic carboxylic acids is 1. The van der Waals surface area contributed by atoms with Crippen LogP contribution in [0.25, 0.3) is 16.5 Å². The molecule has 3 heterocycles. The zero-order chi connectivity index (χ0) is 24.9. The van der Waals surface area contributed by atoms with Crippen molar-refractivity contribution in [3.63, 3.8) is 0 Å². The predicted octanol–water partition coefficient (Wildman–Crippen LogP) is 4.70. The van der Waals surface area contributed by atoms with Crippen molar-refractivity contribution in [3.8, 4) is 11.5 Å². The average Bonchev–Trinajstić information content (AvgIpc) is 3.29. The van der Waals surface area contributed by atoms with E-state index in [9.17, 15) is 14.7 Å². The van der Waals surface area contributed by atoms with Gasteiger partial charge in [0.05, 0.1) is 23.4 Å². The smallest absolute Gasteiger partial charge is 0.371 e. The van der Waals surface area contributed by atoms with E-state index in [1.807, 2.05) is 49.1 Å². The number of methoxy groups -OCH3 is 1. The van der Waals surface area contributed by atoms with Crippen molar-refractivity contribution in [2.75, 3.05) is 38.2 Å². The minimum absolute atomic E-state index is 0.0574. The molecule has 1 fully saturated rings. The molecule has 0 aliphatic carbocycles. The Morgan fingerprint density at radius 2 is 1.83 bits per heavy atom. The number of nitrogens with zero attached hydrogens (tertiary/aromatic N) is 2. The minimum atomic E-state index is -1.14. The van der Waals surface area contributed by atoms with Gasteiger partial charge in [-0.3, -0.25) is 4.79 Å². The van der Waals surface area contributed by atoms with Gasteiger partial charge in [-0.15, -0.1) is 0 Å². The summed E-state index contributed by atoms with van der Waals surface area (Å²) in [6.45, 7) is 6.04. The molecular formula is C26H25ClN2O6. The number of hydrogen-bond acceptors (Lipinski definition) is 6. The van der Waals surface area contributed by atoms with Crippen LogP contribution in [0.4, 0.5) is 5.69 Å². The zero-order valence-corrected chi connectivity index (χ0v) is 20.4. The van der Waals surface area contributed by atoms with E-state index in [4.69, 9.17) is 25.5 Å². The van der Waals surface area contributed by atoms with Gasteiger partial charge in [0.25, 0.3) is 5.91 Å². The van der Waals surface area contributed by atoms with Crippen LogP contribution in [-0.4, -0.2) is 60.8 Å². The van der Waals surface area contributed by atoms with E-state index >= 15 is 0 Å². The number of amides is 1. The average molecular weight is 497 g/mol. The molecule has 0 radical (unpaired) electrons. The lowest BCUT2D eigenvalue weighted by molar-refractivity contribution is -0.125. The molecule has 2 aliphatic heterocycles. The van der Waals surface area contributed by atoms with E-state index in [1.54, 1.807) is 13.2 Å². The van der Waals surface area contributed by atoms with Gasteiger partial charge in [0.15, 0.2) is 0 Å². The van der Waals surface area contributed by atoms with Crippen molar-refractivity contribution < 1.29 is 28.6 Å². The summed E-state index contributed by atoms with van der Waals surface area (Å²) in [6, 6.07) is 10.5. The molecule has 1 N–H and O–H groups in total. The maximum Gasteiger partial charge on any atom is 0.371 e. The van der Waals surface area contributed by atoms with Gasteiger partial charge in [-0.1, -0.05) is 11.6 Å². The van der Waals surface area contributed by atoms with Gasteiger partial charge < -0.3 is 28.8 Å². The summed E-state index contributed by atoms with van der Waals surface area (Å²) in [5, 5.41) is 10.2. The molecule has 8 nitrogen and oxygen atoms in total. The Labute approximate surface area is 207 Å². The molecule has 0 spiro atoms. The minimum Gasteiger partial charge on any atom is -0.497 e. The molecular weight excluding hydrogens is 472 g/mol. The van der Waals surface area contributed by atoms with Gasteiger partial charge in [-0.05, 0) is 50.3 Å². The normalized spacial score (nSPS) is 17.0. The summed E-state index contributed by atoms with van der Waals surface area (Å²) in [6.07, 6.45) is 1.87. The number of fused-ring (bicyclic) bond motifs is 2. The molecule has 9 heteroatoms. The number of furan rings is 1. The van der Waals surface area contributed by atoms with E-state index in [0.29, 0.717) is 59.2 Å². The van der Waals surface area contributed by atoms with Crippen LogP contribution in [0.3, 0.4) is 0 Å². The fourth-order valence-electron chi connectivity index (χ4n) is 4.59. The summed E-state index contributed by atoms with van der Waals surface area (Å²) >= 11 is 6.62. The second kappa shape index (κ2) is 8.53. The van der Waals surface area contributed by atoms with Gasteiger partial charge in [0.2, 0.25) is 5.76 Å². The Hall–Kier alpha value is -3.65. The Kier molecular flexibility index (Phi) is 5.63. The first-order valence-corrected chi connectivity index (χ1v) is 11.6. The number of carboxylic acid groups (broad SMARTS) is 1. The van der Waals surface area contributed by atoms with Gasteiger partial charge in [0, 0.05) is 43.2 Å². The number of benzene rings is 2. The number of piperazine rings is 1. The second-order valence-corrected chi connectivity index (χ2v) is 9.51. The first kappa shape index (κ1) is 23.1. The third kappa shape index (κ3) is 4.18. The number of anilines is 1. The largest absolute Gasteiger partial charge is 0.497 e. The SMILES string of the molecule is COc1ccc2c(c1)C(C(=O)N1CCN(c3ccc4oc(C(=O)O)cc4c3Cl)CC1)=CC(C)(C)O2. The van der Waals surface area contributed by atoms with Crippen molar-refractivity contribution in [1.82, 2.24) is 4.90 Å². The summed E-state index contributed by atoms with van der Waals surface area (Å²) in [4.78, 5) is 28.8. The lowest BCUT2D eigenvalue weighted by Crippen LogP contribution is -2.49. The van der Waals surface area contributed by atoms with Crippen molar-refractivity contribution in [1.29, 1.82) is 0 Å². The van der Waals surface area contributed by atoms with E-state index in [1.165, 1.54) is 6.07 Å². The summed E-state index contributed by atoms with van der Waals surface area (Å²) < 4.78 is 16.8. The first-order chi connectivity index (χ1) is 16.7. The third-order valence-electron chi connectivity index (χ3n) is 6.31. The number of halogens is 1. The standard InChI is InChI=1S/C26H25ClN2O6/c1-26(2)14-18(16-12-15(33-3)4-6-21(16)35-26)24(30)29-10-8-28(9-11-29)19-5-7-20-17(23(19)27)13-22(34-20)25(31)32/h4-7,12-14H,8-11H2,1-3H3,(H,31,32). The Morgan fingerprint density at radius 1 is 1.09 bits per heavy atom. The zero-order valence-electron chi connectivity index (χ0n) is 19.6. The Bertz CT molecular complexity index is 1370. The van der Waals surface area contributed by atoms with Gasteiger partial charge in [-0.25, -0.2) is 4.79 Å². The summed E-state index contributed by atoms with van der Waals surface area (Å²) in [5.41, 5.74) is 1.91. The molecule has 35 heavy (non-hydrogen) atoms. The molecule has 0 unspecified atom stereocenters. The Balaban J connectivity index is 1.36. The lowest BCUT2D eigenvalue weighted by atomic mass is 9.93. The molecule has 1 amide bonds. The topological polar surface area (TPSA) is 92.5 Å². The number of carbonyl (C=O) groups is 2. The molecule has 2 aliphatic rings. The number of hydrogen-bond donors (Lipinski definition) is 1. The number of ether oxygens (including phenoxy) is 2. The lowest BCUT2D eigenvalue weighted by Gasteiger charge is -2.38. The van der Waals surface area contributed by atoms with Gasteiger partial charge >= 0.3 is 5.97 Å². The molecule has 5 rings (SSSR count). The second-order valence-electron chi connectivity index (χ2n) is 9.13. The van der Waals surface area contributed by atoms with Crippen molar-refractivity contribution in [2.45, 2.75) is 19.4 Å². The monoisotopic (exact) mass is 496 g/mol. The summed E-state index contributed by atoms with van der Waals surface area (Å²) in [5.74, 6) is -0.0418. The van der Waals surface area contributed by atoms with Crippen LogP contribution in [0, 0.1) is 0 Å². The predicted molar refractivity (Wildman–Crippen MR) is 133 cm³/mol. The Morgan fingerprint density at radius 3 is 2.51 bits per heavy atom. The first-order valence-electron chi connectivity index (χ1n) is 11.3. The van der Waals surface area contributed by atoms with Crippen molar-refractivity contribution >= 4 is 45.7 Å². The van der Waals surface area contributed by atoms with Gasteiger partial charge in [-0.2, -0.15) is 0 Å². The van der Waals surface area contributed by atoms with Crippen molar-refractivity contribution in [3.05, 3.63) is 58.8 Å². The highest BCUT2D eigenvalue weighted by atomic mass is 35.5. The maximum absolute atomic E-state index is 13.6. The van der Waals surface area contributed by atoms with Gasteiger partial charge in [0.1, 0.15) is 22.7 Å². The highest BCUT2D eigenvalue weighted by Gasteiger charge is 2.33. The molecule has 0 saturated carbocycles. The fourth-order valence-corrected chi connectivity index (χ4v) is 4.92.